The van der Waals surface area contributed by atoms with Crippen molar-refractivity contribution in [3.63, 3.8) is 0 Å². The molecule has 2 aromatic rings. The first-order valence-electron chi connectivity index (χ1n) is 4.46. The van der Waals surface area contributed by atoms with Crippen molar-refractivity contribution >= 4 is 0 Å². The number of aromatic nitrogens is 3. The largest absolute Gasteiger partial charge is 0.326 e. The fourth-order valence-electron chi connectivity index (χ4n) is 1.50. The third-order valence-electron chi connectivity index (χ3n) is 2.26. The second-order valence-electron chi connectivity index (χ2n) is 3.12. The Morgan fingerprint density at radius 2 is 2.29 bits per heavy atom. The van der Waals surface area contributed by atoms with Gasteiger partial charge in [0.2, 0.25) is 0 Å². The van der Waals surface area contributed by atoms with Gasteiger partial charge in [-0.25, -0.2) is 9.67 Å². The van der Waals surface area contributed by atoms with Crippen LogP contribution in [0.1, 0.15) is 11.1 Å². The quantitative estimate of drug-likeness (QED) is 0.766. The van der Waals surface area contributed by atoms with E-state index < -0.39 is 0 Å². The van der Waals surface area contributed by atoms with Gasteiger partial charge in [-0.1, -0.05) is 12.1 Å². The molecule has 0 bridgehead atoms. The lowest BCUT2D eigenvalue weighted by molar-refractivity contribution is 0.853. The highest BCUT2D eigenvalue weighted by Gasteiger charge is 2.05. The fourth-order valence-corrected chi connectivity index (χ4v) is 1.50. The van der Waals surface area contributed by atoms with E-state index in [1.807, 2.05) is 25.1 Å². The van der Waals surface area contributed by atoms with Crippen LogP contribution in [0.4, 0.5) is 0 Å². The van der Waals surface area contributed by atoms with Gasteiger partial charge in [0.05, 0.1) is 5.69 Å². The van der Waals surface area contributed by atoms with Crippen LogP contribution in [0, 0.1) is 6.92 Å². The zero-order chi connectivity index (χ0) is 9.97. The number of hydrogen-bond donors (Lipinski definition) is 1. The molecule has 0 amide bonds. The molecule has 1 aromatic heterocycles. The Bertz CT molecular complexity index is 420. The van der Waals surface area contributed by atoms with E-state index in [9.17, 15) is 0 Å². The van der Waals surface area contributed by atoms with E-state index in [1.165, 1.54) is 11.9 Å². The van der Waals surface area contributed by atoms with Crippen LogP contribution in [0.15, 0.2) is 30.9 Å². The Morgan fingerprint density at radius 3 is 2.93 bits per heavy atom. The van der Waals surface area contributed by atoms with Crippen LogP contribution in [-0.2, 0) is 6.54 Å². The summed E-state index contributed by atoms with van der Waals surface area (Å²) in [5.41, 5.74) is 8.99. The molecule has 2 rings (SSSR count). The van der Waals surface area contributed by atoms with Crippen LogP contribution in [0.25, 0.3) is 5.69 Å². The van der Waals surface area contributed by atoms with Gasteiger partial charge in [0.15, 0.2) is 0 Å². The zero-order valence-electron chi connectivity index (χ0n) is 8.01. The summed E-state index contributed by atoms with van der Waals surface area (Å²) in [6, 6.07) is 6.03. The van der Waals surface area contributed by atoms with Gasteiger partial charge in [-0.3, -0.25) is 0 Å². The summed E-state index contributed by atoms with van der Waals surface area (Å²) in [5, 5.41) is 4.09. The monoisotopic (exact) mass is 188 g/mol. The van der Waals surface area contributed by atoms with Crippen LogP contribution >= 0.6 is 0 Å². The molecule has 1 heterocycles. The molecule has 4 heteroatoms. The topological polar surface area (TPSA) is 56.7 Å². The maximum Gasteiger partial charge on any atom is 0.138 e. The van der Waals surface area contributed by atoms with E-state index in [0.29, 0.717) is 6.54 Å². The minimum absolute atomic E-state index is 0.516. The average molecular weight is 188 g/mol. The fraction of sp³-hybridized carbons (Fsp3) is 0.200. The molecule has 0 radical (unpaired) electrons. The van der Waals surface area contributed by atoms with Crippen molar-refractivity contribution in [2.45, 2.75) is 13.5 Å². The predicted molar refractivity (Wildman–Crippen MR) is 54.0 cm³/mol. The first kappa shape index (κ1) is 8.90. The van der Waals surface area contributed by atoms with Crippen molar-refractivity contribution in [1.29, 1.82) is 0 Å². The molecule has 0 aliphatic rings. The van der Waals surface area contributed by atoms with E-state index >= 15 is 0 Å². The maximum atomic E-state index is 5.70. The van der Waals surface area contributed by atoms with E-state index in [4.69, 9.17) is 5.73 Å². The van der Waals surface area contributed by atoms with Gasteiger partial charge in [-0.15, -0.1) is 0 Å². The molecule has 2 N–H and O–H groups in total. The number of benzene rings is 1. The summed E-state index contributed by atoms with van der Waals surface area (Å²) in [5.74, 6) is 0. The number of rotatable bonds is 2. The van der Waals surface area contributed by atoms with Crippen molar-refractivity contribution in [1.82, 2.24) is 14.8 Å². The molecule has 0 unspecified atom stereocenters. The second-order valence-corrected chi connectivity index (χ2v) is 3.12. The summed E-state index contributed by atoms with van der Waals surface area (Å²) < 4.78 is 1.73. The zero-order valence-corrected chi connectivity index (χ0v) is 8.01. The van der Waals surface area contributed by atoms with E-state index in [1.54, 1.807) is 11.0 Å². The molecule has 0 atom stereocenters. The van der Waals surface area contributed by atoms with Gasteiger partial charge in [0, 0.05) is 6.54 Å². The number of hydrogen-bond acceptors (Lipinski definition) is 3. The molecule has 1 aromatic carbocycles. The van der Waals surface area contributed by atoms with Crippen molar-refractivity contribution in [2.24, 2.45) is 5.73 Å². The van der Waals surface area contributed by atoms with E-state index in [2.05, 4.69) is 10.1 Å². The van der Waals surface area contributed by atoms with Gasteiger partial charge in [0.1, 0.15) is 12.7 Å². The lowest BCUT2D eigenvalue weighted by Gasteiger charge is -2.09. The third kappa shape index (κ3) is 1.40. The SMILES string of the molecule is Cc1cccc(-n2cncn2)c1CN. The lowest BCUT2D eigenvalue weighted by atomic mass is 10.1. The van der Waals surface area contributed by atoms with Crippen LogP contribution in [-0.4, -0.2) is 14.8 Å². The molecule has 4 nitrogen and oxygen atoms in total. The summed E-state index contributed by atoms with van der Waals surface area (Å²) in [7, 11) is 0. The predicted octanol–water partition coefficient (Wildman–Crippen LogP) is 1.03. The number of aryl methyl sites for hydroxylation is 1. The second kappa shape index (κ2) is 3.59. The van der Waals surface area contributed by atoms with Crippen molar-refractivity contribution in [2.75, 3.05) is 0 Å². The van der Waals surface area contributed by atoms with Crippen molar-refractivity contribution in [3.05, 3.63) is 42.0 Å². The summed E-state index contributed by atoms with van der Waals surface area (Å²) in [4.78, 5) is 3.91. The highest BCUT2D eigenvalue weighted by atomic mass is 15.3. The van der Waals surface area contributed by atoms with Crippen LogP contribution < -0.4 is 5.73 Å². The third-order valence-corrected chi connectivity index (χ3v) is 2.26. The Morgan fingerprint density at radius 1 is 1.43 bits per heavy atom. The highest BCUT2D eigenvalue weighted by molar-refractivity contribution is 5.44. The highest BCUT2D eigenvalue weighted by Crippen LogP contribution is 2.16. The Hall–Kier alpha value is -1.68. The molecular formula is C10H12N4. The van der Waals surface area contributed by atoms with E-state index in [0.717, 1.165) is 11.3 Å². The van der Waals surface area contributed by atoms with Crippen LogP contribution in [0.2, 0.25) is 0 Å². The summed E-state index contributed by atoms with van der Waals surface area (Å²) in [6.07, 6.45) is 3.19. The Balaban J connectivity index is 2.58. The smallest absolute Gasteiger partial charge is 0.138 e. The van der Waals surface area contributed by atoms with Gasteiger partial charge in [0.25, 0.3) is 0 Å². The molecule has 0 aliphatic heterocycles. The standard InChI is InChI=1S/C10H12N4/c1-8-3-2-4-10(9(8)5-11)14-7-12-6-13-14/h2-4,6-7H,5,11H2,1H3. The molecule has 0 spiro atoms. The average Bonchev–Trinajstić information content (AvgIpc) is 2.70. The van der Waals surface area contributed by atoms with Crippen molar-refractivity contribution < 1.29 is 0 Å². The maximum absolute atomic E-state index is 5.70. The number of nitrogens with zero attached hydrogens (tertiary/aromatic N) is 3. The van der Waals surface area contributed by atoms with Crippen molar-refractivity contribution in [3.8, 4) is 5.69 Å². The number of nitrogens with two attached hydrogens (primary N) is 1. The van der Waals surface area contributed by atoms with E-state index in [-0.39, 0.29) is 0 Å². The molecule has 72 valence electrons. The van der Waals surface area contributed by atoms with Gasteiger partial charge in [-0.2, -0.15) is 5.10 Å². The molecule has 0 saturated carbocycles. The normalized spacial score (nSPS) is 10.4. The molecule has 0 fully saturated rings. The van der Waals surface area contributed by atoms with Gasteiger partial charge >= 0.3 is 0 Å². The molecular weight excluding hydrogens is 176 g/mol. The minimum atomic E-state index is 0.516. The molecule has 0 aliphatic carbocycles. The summed E-state index contributed by atoms with van der Waals surface area (Å²) >= 11 is 0. The first-order chi connectivity index (χ1) is 6.83. The van der Waals surface area contributed by atoms with Crippen LogP contribution in [0.3, 0.4) is 0 Å². The lowest BCUT2D eigenvalue weighted by Crippen LogP contribution is -2.06. The Kier molecular flexibility index (Phi) is 2.28. The van der Waals surface area contributed by atoms with Crippen LogP contribution in [0.5, 0.6) is 0 Å². The molecule has 0 saturated heterocycles. The van der Waals surface area contributed by atoms with Gasteiger partial charge in [-0.05, 0) is 24.1 Å². The minimum Gasteiger partial charge on any atom is -0.326 e. The first-order valence-corrected chi connectivity index (χ1v) is 4.46. The van der Waals surface area contributed by atoms with Gasteiger partial charge < -0.3 is 5.73 Å². The molecule has 14 heavy (non-hydrogen) atoms. The Labute approximate surface area is 82.4 Å². The summed E-state index contributed by atoms with van der Waals surface area (Å²) in [6.45, 7) is 2.56.